The smallest absolute Gasteiger partial charge is 0.252 e. The SMILES string of the molecule is Cc1ccc2c(c1)N(c1ccccc1)c1cc(C3CCCCC3)cc3c1B2c1cccc2c1N3c1ccccc1[Si]2(c1ccccc1)c1ccccc1. The first-order valence-corrected chi connectivity index (χ1v) is 21.5. The van der Waals surface area contributed by atoms with E-state index in [1.807, 2.05) is 0 Å². The Balaban J connectivity index is 1.29. The van der Waals surface area contributed by atoms with Crippen LogP contribution in [0.15, 0.2) is 164 Å². The summed E-state index contributed by atoms with van der Waals surface area (Å²) < 4.78 is 0. The molecule has 254 valence electrons. The van der Waals surface area contributed by atoms with Crippen molar-refractivity contribution in [3.63, 3.8) is 0 Å². The van der Waals surface area contributed by atoms with Crippen molar-refractivity contribution in [3.8, 4) is 0 Å². The molecule has 3 heterocycles. The highest BCUT2D eigenvalue weighted by atomic mass is 28.3. The van der Waals surface area contributed by atoms with Gasteiger partial charge in [-0.3, -0.25) is 0 Å². The molecule has 2 nitrogen and oxygen atoms in total. The third-order valence-electron chi connectivity index (χ3n) is 12.7. The quantitative estimate of drug-likeness (QED) is 0.173. The average molecular weight is 697 g/mol. The molecule has 0 N–H and O–H groups in total. The summed E-state index contributed by atoms with van der Waals surface area (Å²) in [4.78, 5) is 5.29. The van der Waals surface area contributed by atoms with E-state index in [9.17, 15) is 0 Å². The molecule has 0 amide bonds. The third-order valence-corrected chi connectivity index (χ3v) is 17.6. The second-order valence-electron chi connectivity index (χ2n) is 15.6. The van der Waals surface area contributed by atoms with E-state index in [0.29, 0.717) is 5.92 Å². The van der Waals surface area contributed by atoms with Gasteiger partial charge in [-0.15, -0.1) is 0 Å². The Morgan fingerprint density at radius 3 is 1.85 bits per heavy atom. The highest BCUT2D eigenvalue weighted by molar-refractivity contribution is 7.22. The van der Waals surface area contributed by atoms with Crippen molar-refractivity contribution in [2.24, 2.45) is 0 Å². The van der Waals surface area contributed by atoms with E-state index in [-0.39, 0.29) is 6.71 Å². The molecule has 0 radical (unpaired) electrons. The minimum atomic E-state index is -2.76. The van der Waals surface area contributed by atoms with E-state index in [0.717, 1.165) is 0 Å². The van der Waals surface area contributed by atoms with Crippen LogP contribution in [0.2, 0.25) is 0 Å². The van der Waals surface area contributed by atoms with Gasteiger partial charge in [-0.2, -0.15) is 0 Å². The van der Waals surface area contributed by atoms with Crippen LogP contribution in [0, 0.1) is 6.92 Å². The van der Waals surface area contributed by atoms with Crippen molar-refractivity contribution in [2.75, 3.05) is 9.80 Å². The van der Waals surface area contributed by atoms with Crippen LogP contribution in [-0.4, -0.2) is 14.8 Å². The number of hydrogen-bond acceptors (Lipinski definition) is 2. The Morgan fingerprint density at radius 2 is 1.13 bits per heavy atom. The summed E-state index contributed by atoms with van der Waals surface area (Å²) in [5.41, 5.74) is 15.0. The molecule has 4 heteroatoms. The predicted octanol–water partition coefficient (Wildman–Crippen LogP) is 7.82. The molecular formula is C49H41BN2Si. The number of anilines is 6. The van der Waals surface area contributed by atoms with E-state index in [1.165, 1.54) is 114 Å². The van der Waals surface area contributed by atoms with Gasteiger partial charge < -0.3 is 9.80 Å². The highest BCUT2D eigenvalue weighted by Gasteiger charge is 2.53. The summed E-state index contributed by atoms with van der Waals surface area (Å²) in [6, 6.07) is 63.1. The Morgan fingerprint density at radius 1 is 0.509 bits per heavy atom. The summed E-state index contributed by atoms with van der Waals surface area (Å²) >= 11 is 0. The molecule has 11 rings (SSSR count). The van der Waals surface area contributed by atoms with Crippen molar-refractivity contribution >= 4 is 86.0 Å². The van der Waals surface area contributed by atoms with Crippen LogP contribution in [0.3, 0.4) is 0 Å². The molecule has 0 atom stereocenters. The normalized spacial score (nSPS) is 16.4. The lowest BCUT2D eigenvalue weighted by atomic mass is 9.33. The van der Waals surface area contributed by atoms with E-state index >= 15 is 0 Å². The van der Waals surface area contributed by atoms with Gasteiger partial charge in [-0.25, -0.2) is 0 Å². The number of nitrogens with zero attached hydrogens (tertiary/aromatic N) is 2. The Hall–Kier alpha value is -5.58. The summed E-state index contributed by atoms with van der Waals surface area (Å²) in [5.74, 6) is 0.569. The summed E-state index contributed by atoms with van der Waals surface area (Å²) in [7, 11) is -2.76. The van der Waals surface area contributed by atoms with E-state index < -0.39 is 8.07 Å². The van der Waals surface area contributed by atoms with Crippen LogP contribution in [0.1, 0.15) is 49.1 Å². The summed E-state index contributed by atoms with van der Waals surface area (Å²) in [6.45, 7) is 2.36. The van der Waals surface area contributed by atoms with Crippen molar-refractivity contribution in [1.82, 2.24) is 0 Å². The molecule has 0 saturated heterocycles. The zero-order valence-corrected chi connectivity index (χ0v) is 31.2. The zero-order valence-electron chi connectivity index (χ0n) is 30.2. The molecule has 0 unspecified atom stereocenters. The van der Waals surface area contributed by atoms with Crippen molar-refractivity contribution in [1.29, 1.82) is 0 Å². The number of aryl methyl sites for hydroxylation is 1. The molecular weight excluding hydrogens is 655 g/mol. The van der Waals surface area contributed by atoms with Crippen LogP contribution in [0.5, 0.6) is 0 Å². The van der Waals surface area contributed by atoms with Gasteiger partial charge in [-0.05, 0) is 110 Å². The fourth-order valence-corrected chi connectivity index (χ4v) is 15.7. The molecule has 1 fully saturated rings. The van der Waals surface area contributed by atoms with Crippen LogP contribution in [0.25, 0.3) is 0 Å². The maximum absolute atomic E-state index is 2.76. The van der Waals surface area contributed by atoms with Crippen LogP contribution in [-0.2, 0) is 0 Å². The lowest BCUT2D eigenvalue weighted by Crippen LogP contribution is -2.79. The lowest BCUT2D eigenvalue weighted by Gasteiger charge is -2.51. The minimum absolute atomic E-state index is 0.116. The fourth-order valence-electron chi connectivity index (χ4n) is 10.5. The van der Waals surface area contributed by atoms with Gasteiger partial charge in [0.1, 0.15) is 0 Å². The average Bonchev–Trinajstić information content (AvgIpc) is 3.23. The lowest BCUT2D eigenvalue weighted by molar-refractivity contribution is 0.444. The fraction of sp³-hybridized carbons (Fsp3) is 0.143. The zero-order chi connectivity index (χ0) is 35.1. The van der Waals surface area contributed by atoms with Crippen LogP contribution >= 0.6 is 0 Å². The minimum Gasteiger partial charge on any atom is -0.312 e. The largest absolute Gasteiger partial charge is 0.312 e. The van der Waals surface area contributed by atoms with Gasteiger partial charge >= 0.3 is 0 Å². The molecule has 0 aromatic heterocycles. The monoisotopic (exact) mass is 696 g/mol. The standard InChI is InChI=1S/C49H41BN2Si/c1-34-29-30-40-43(31-34)51(37-19-8-3-9-20-37)44-32-36(35-17-6-2-7-18-35)33-45-48(44)50(40)41-25-16-28-47-49(41)52(45)42-26-14-15-27-46(42)53(47,38-21-10-4-11-22-38)39-23-12-5-13-24-39/h3-5,8-16,19-33,35H,2,6-7,17-18H2,1H3. The third kappa shape index (κ3) is 4.39. The van der Waals surface area contributed by atoms with Gasteiger partial charge in [0.05, 0.1) is 0 Å². The molecule has 3 aliphatic heterocycles. The first kappa shape index (κ1) is 31.0. The predicted molar refractivity (Wildman–Crippen MR) is 228 cm³/mol. The van der Waals surface area contributed by atoms with Gasteiger partial charge in [0.2, 0.25) is 0 Å². The van der Waals surface area contributed by atoms with Gasteiger partial charge in [0, 0.05) is 34.1 Å². The second kappa shape index (κ2) is 12.0. The molecule has 7 aromatic rings. The molecule has 7 aromatic carbocycles. The van der Waals surface area contributed by atoms with Crippen LogP contribution < -0.4 is 46.9 Å². The molecule has 0 spiro atoms. The maximum atomic E-state index is 2.71. The van der Waals surface area contributed by atoms with Gasteiger partial charge in [0.25, 0.3) is 6.71 Å². The number of benzene rings is 7. The van der Waals surface area contributed by atoms with Crippen LogP contribution in [0.4, 0.5) is 34.1 Å². The Kier molecular flexibility index (Phi) is 7.00. The molecule has 1 aliphatic carbocycles. The first-order valence-electron chi connectivity index (χ1n) is 19.5. The van der Waals surface area contributed by atoms with Gasteiger partial charge in [0.15, 0.2) is 8.07 Å². The number of para-hydroxylation sites is 3. The van der Waals surface area contributed by atoms with Crippen molar-refractivity contribution < 1.29 is 0 Å². The Labute approximate surface area is 314 Å². The maximum Gasteiger partial charge on any atom is 0.252 e. The number of hydrogen-bond donors (Lipinski definition) is 0. The molecule has 0 bridgehead atoms. The van der Waals surface area contributed by atoms with Crippen molar-refractivity contribution in [3.05, 3.63) is 175 Å². The first-order chi connectivity index (χ1) is 26.2. The number of fused-ring (bicyclic) bond motifs is 6. The second-order valence-corrected chi connectivity index (χ2v) is 19.3. The number of rotatable bonds is 4. The van der Waals surface area contributed by atoms with Crippen molar-refractivity contribution in [2.45, 2.75) is 44.9 Å². The molecule has 4 aliphatic rings. The van der Waals surface area contributed by atoms with E-state index in [2.05, 4.69) is 181 Å². The van der Waals surface area contributed by atoms with E-state index in [1.54, 1.807) is 0 Å². The Bertz CT molecular complexity index is 2490. The molecule has 1 saturated carbocycles. The summed E-state index contributed by atoms with van der Waals surface area (Å²) in [6.07, 6.45) is 6.50. The summed E-state index contributed by atoms with van der Waals surface area (Å²) in [5, 5.41) is 5.82. The van der Waals surface area contributed by atoms with E-state index in [4.69, 9.17) is 0 Å². The topological polar surface area (TPSA) is 6.48 Å². The van der Waals surface area contributed by atoms with Gasteiger partial charge in [-0.1, -0.05) is 147 Å². The molecule has 53 heavy (non-hydrogen) atoms. The highest BCUT2D eigenvalue weighted by Crippen LogP contribution is 2.47.